The molecule has 1 amide bonds. The number of carbonyl (C=O) groups is 1. The molecule has 0 aliphatic rings. The second-order valence-electron chi connectivity index (χ2n) is 3.28. The van der Waals surface area contributed by atoms with Gasteiger partial charge in [-0.3, -0.25) is 4.79 Å². The minimum atomic E-state index is -0.102. The van der Waals surface area contributed by atoms with Gasteiger partial charge in [0.2, 0.25) is 0 Å². The zero-order valence-corrected chi connectivity index (χ0v) is 9.49. The molecule has 0 spiro atoms. The number of hydrogen-bond acceptors (Lipinski definition) is 5. The number of nitrogens with zero attached hydrogens (tertiary/aromatic N) is 4. The SMILES string of the molecule is CC(C)N(CCC#N)C(=O)c1cnns1. The number of rotatable bonds is 4. The molecule has 80 valence electrons. The topological polar surface area (TPSA) is 69.9 Å². The molecule has 0 bridgehead atoms. The van der Waals surface area contributed by atoms with Crippen LogP contribution in [-0.2, 0) is 0 Å². The monoisotopic (exact) mass is 224 g/mol. The van der Waals surface area contributed by atoms with Crippen LogP contribution in [0.25, 0.3) is 0 Å². The summed E-state index contributed by atoms with van der Waals surface area (Å²) in [5.74, 6) is -0.102. The molecule has 0 N–H and O–H groups in total. The Hall–Kier alpha value is -1.48. The van der Waals surface area contributed by atoms with Crippen molar-refractivity contribution in [3.8, 4) is 6.07 Å². The van der Waals surface area contributed by atoms with Gasteiger partial charge >= 0.3 is 0 Å². The normalized spacial score (nSPS) is 10.0. The maximum absolute atomic E-state index is 11.9. The number of amides is 1. The highest BCUT2D eigenvalue weighted by Gasteiger charge is 2.19. The summed E-state index contributed by atoms with van der Waals surface area (Å²) < 4.78 is 3.64. The van der Waals surface area contributed by atoms with Crippen LogP contribution in [0.5, 0.6) is 0 Å². The third-order valence-corrected chi connectivity index (χ3v) is 2.57. The van der Waals surface area contributed by atoms with Crippen molar-refractivity contribution in [1.82, 2.24) is 14.5 Å². The summed E-state index contributed by atoms with van der Waals surface area (Å²) in [6, 6.07) is 2.11. The van der Waals surface area contributed by atoms with E-state index in [-0.39, 0.29) is 11.9 Å². The first-order valence-corrected chi connectivity index (χ1v) is 5.39. The van der Waals surface area contributed by atoms with Crippen molar-refractivity contribution in [3.05, 3.63) is 11.1 Å². The van der Waals surface area contributed by atoms with Crippen LogP contribution in [0, 0.1) is 11.3 Å². The Bertz CT molecular complexity index is 355. The summed E-state index contributed by atoms with van der Waals surface area (Å²) in [5.41, 5.74) is 0. The van der Waals surface area contributed by atoms with Crippen LogP contribution < -0.4 is 0 Å². The van der Waals surface area contributed by atoms with Crippen LogP contribution in [0.2, 0.25) is 0 Å². The molecule has 0 unspecified atom stereocenters. The lowest BCUT2D eigenvalue weighted by molar-refractivity contribution is 0.0715. The van der Waals surface area contributed by atoms with E-state index < -0.39 is 0 Å². The third-order valence-electron chi connectivity index (χ3n) is 1.92. The van der Waals surface area contributed by atoms with Crippen LogP contribution in [0.15, 0.2) is 6.20 Å². The Morgan fingerprint density at radius 2 is 2.47 bits per heavy atom. The first-order valence-electron chi connectivity index (χ1n) is 4.62. The van der Waals surface area contributed by atoms with Crippen LogP contribution in [0.3, 0.4) is 0 Å². The van der Waals surface area contributed by atoms with Gasteiger partial charge in [0.15, 0.2) is 0 Å². The average Bonchev–Trinajstić information content (AvgIpc) is 2.70. The lowest BCUT2D eigenvalue weighted by Gasteiger charge is -2.24. The highest BCUT2D eigenvalue weighted by atomic mass is 32.1. The van der Waals surface area contributed by atoms with Crippen molar-refractivity contribution < 1.29 is 4.79 Å². The van der Waals surface area contributed by atoms with Crippen LogP contribution in [0.4, 0.5) is 0 Å². The number of aromatic nitrogens is 2. The second-order valence-corrected chi connectivity index (χ2v) is 4.07. The molecule has 0 aliphatic heterocycles. The van der Waals surface area contributed by atoms with E-state index >= 15 is 0 Å². The van der Waals surface area contributed by atoms with E-state index in [1.54, 1.807) is 4.90 Å². The van der Waals surface area contributed by atoms with Gasteiger partial charge in [-0.25, -0.2) is 0 Å². The number of carbonyl (C=O) groups excluding carboxylic acids is 1. The zero-order chi connectivity index (χ0) is 11.3. The van der Waals surface area contributed by atoms with E-state index in [1.165, 1.54) is 6.20 Å². The van der Waals surface area contributed by atoms with Gasteiger partial charge in [-0.1, -0.05) is 4.49 Å². The minimum Gasteiger partial charge on any atom is -0.334 e. The van der Waals surface area contributed by atoms with Crippen LogP contribution in [-0.4, -0.2) is 33.0 Å². The summed E-state index contributed by atoms with van der Waals surface area (Å²) in [4.78, 5) is 14.1. The Kier molecular flexibility index (Phi) is 4.18. The maximum Gasteiger partial charge on any atom is 0.267 e. The molecule has 0 atom stereocenters. The van der Waals surface area contributed by atoms with E-state index in [0.717, 1.165) is 11.5 Å². The zero-order valence-electron chi connectivity index (χ0n) is 8.67. The van der Waals surface area contributed by atoms with Crippen LogP contribution >= 0.6 is 11.5 Å². The highest BCUT2D eigenvalue weighted by Crippen LogP contribution is 2.10. The van der Waals surface area contributed by atoms with Crippen molar-refractivity contribution in [3.63, 3.8) is 0 Å². The summed E-state index contributed by atoms with van der Waals surface area (Å²) >= 11 is 1.07. The molecular weight excluding hydrogens is 212 g/mol. The molecule has 0 fully saturated rings. The quantitative estimate of drug-likeness (QED) is 0.773. The van der Waals surface area contributed by atoms with Crippen molar-refractivity contribution in [2.45, 2.75) is 26.3 Å². The molecule has 0 saturated heterocycles. The molecule has 5 nitrogen and oxygen atoms in total. The second kappa shape index (κ2) is 5.41. The van der Waals surface area contributed by atoms with Crippen molar-refractivity contribution in [1.29, 1.82) is 5.26 Å². The summed E-state index contributed by atoms with van der Waals surface area (Å²) in [7, 11) is 0. The fraction of sp³-hybridized carbons (Fsp3) is 0.556. The summed E-state index contributed by atoms with van der Waals surface area (Å²) in [5, 5.41) is 12.1. The Morgan fingerprint density at radius 3 is 2.93 bits per heavy atom. The minimum absolute atomic E-state index is 0.0768. The van der Waals surface area contributed by atoms with E-state index in [1.807, 2.05) is 19.9 Å². The van der Waals surface area contributed by atoms with E-state index in [0.29, 0.717) is 17.8 Å². The molecule has 1 aromatic rings. The summed E-state index contributed by atoms with van der Waals surface area (Å²) in [6.45, 7) is 4.29. The Morgan fingerprint density at radius 1 is 1.73 bits per heavy atom. The molecule has 0 saturated carbocycles. The maximum atomic E-state index is 11.9. The first kappa shape index (κ1) is 11.6. The Labute approximate surface area is 92.5 Å². The first-order chi connectivity index (χ1) is 7.16. The van der Waals surface area contributed by atoms with Gasteiger partial charge < -0.3 is 4.90 Å². The predicted octanol–water partition coefficient (Wildman–Crippen LogP) is 1.30. The van der Waals surface area contributed by atoms with E-state index in [2.05, 4.69) is 9.59 Å². The molecule has 1 heterocycles. The lowest BCUT2D eigenvalue weighted by atomic mass is 10.2. The van der Waals surface area contributed by atoms with Crippen molar-refractivity contribution in [2.75, 3.05) is 6.54 Å². The smallest absolute Gasteiger partial charge is 0.267 e. The van der Waals surface area contributed by atoms with Gasteiger partial charge in [0.05, 0.1) is 18.7 Å². The van der Waals surface area contributed by atoms with E-state index in [4.69, 9.17) is 5.26 Å². The van der Waals surface area contributed by atoms with Crippen LogP contribution in [0.1, 0.15) is 29.9 Å². The highest BCUT2D eigenvalue weighted by molar-refractivity contribution is 7.07. The van der Waals surface area contributed by atoms with Gasteiger partial charge in [0.25, 0.3) is 5.91 Å². The van der Waals surface area contributed by atoms with Gasteiger partial charge in [-0.05, 0) is 25.4 Å². The third kappa shape index (κ3) is 2.99. The fourth-order valence-electron chi connectivity index (χ4n) is 1.17. The molecule has 1 aromatic heterocycles. The van der Waals surface area contributed by atoms with E-state index in [9.17, 15) is 4.79 Å². The Balaban J connectivity index is 2.73. The average molecular weight is 224 g/mol. The van der Waals surface area contributed by atoms with Gasteiger partial charge in [0, 0.05) is 12.6 Å². The standard InChI is InChI=1S/C9H12N4OS/c1-7(2)13(5-3-4-10)9(14)8-6-11-12-15-8/h6-7H,3,5H2,1-2H3. The lowest BCUT2D eigenvalue weighted by Crippen LogP contribution is -2.37. The molecule has 1 rings (SSSR count). The molecule has 6 heteroatoms. The van der Waals surface area contributed by atoms with Gasteiger partial charge in [-0.15, -0.1) is 5.10 Å². The molecule has 0 aliphatic carbocycles. The summed E-state index contributed by atoms with van der Waals surface area (Å²) in [6.07, 6.45) is 1.80. The predicted molar refractivity (Wildman–Crippen MR) is 56.3 cm³/mol. The molecule has 0 radical (unpaired) electrons. The fourth-order valence-corrected chi connectivity index (χ4v) is 1.64. The van der Waals surface area contributed by atoms with Gasteiger partial charge in [-0.2, -0.15) is 5.26 Å². The number of hydrogen-bond donors (Lipinski definition) is 0. The van der Waals surface area contributed by atoms with Crippen molar-refractivity contribution >= 4 is 17.4 Å². The van der Waals surface area contributed by atoms with Crippen molar-refractivity contribution in [2.24, 2.45) is 0 Å². The number of nitriles is 1. The largest absolute Gasteiger partial charge is 0.334 e. The molecule has 15 heavy (non-hydrogen) atoms. The molecular formula is C9H12N4OS. The van der Waals surface area contributed by atoms with Gasteiger partial charge in [0.1, 0.15) is 4.88 Å². The molecule has 0 aromatic carbocycles.